The van der Waals surface area contributed by atoms with Gasteiger partial charge >= 0.3 is 139 Å². The van der Waals surface area contributed by atoms with Crippen molar-refractivity contribution in [3.63, 3.8) is 0 Å². The predicted octanol–water partition coefficient (Wildman–Crippen LogP) is -0.670. The quantitative estimate of drug-likeness (QED) is 0.305. The van der Waals surface area contributed by atoms with Gasteiger partial charge < -0.3 is 0 Å². The number of nitrogens with one attached hydrogen (secondary N) is 1. The Labute approximate surface area is 138 Å². The van der Waals surface area contributed by atoms with Crippen LogP contribution < -0.4 is 26.8 Å². The fraction of sp³-hybridized carbons (Fsp3) is 0.250. The minimum absolute atomic E-state index is 0.201. The van der Waals surface area contributed by atoms with Crippen LogP contribution in [0.5, 0.6) is 0 Å². The molecule has 1 aromatic heterocycles. The van der Waals surface area contributed by atoms with Crippen LogP contribution in [0.4, 0.5) is 0 Å². The van der Waals surface area contributed by atoms with E-state index in [1.807, 2.05) is 15.2 Å². The van der Waals surface area contributed by atoms with Crippen LogP contribution in [0.1, 0.15) is 5.89 Å². The summed E-state index contributed by atoms with van der Waals surface area (Å²) >= 11 is 11.0. The predicted molar refractivity (Wildman–Crippen MR) is 77.9 cm³/mol. The van der Waals surface area contributed by atoms with Crippen LogP contribution in [-0.4, -0.2) is 30.3 Å². The molecule has 108 valence electrons. The molecule has 1 aromatic carbocycles. The zero-order chi connectivity index (χ0) is 14.5. The van der Waals surface area contributed by atoms with Crippen molar-refractivity contribution in [2.45, 2.75) is 6.54 Å². The normalized spacial score (nSPS) is 10.6. The van der Waals surface area contributed by atoms with Gasteiger partial charge in [-0.05, 0) is 0 Å². The van der Waals surface area contributed by atoms with Crippen molar-refractivity contribution in [1.29, 1.82) is 0 Å². The number of benzene rings is 1. The first-order valence-electron chi connectivity index (χ1n) is 5.71. The zero-order valence-electron chi connectivity index (χ0n) is 10.9. The zero-order valence-corrected chi connectivity index (χ0v) is 14.7. The Hall–Kier alpha value is -0.930. The summed E-state index contributed by atoms with van der Waals surface area (Å²) in [5.41, 5.74) is 0.835. The van der Waals surface area contributed by atoms with Gasteiger partial charge in [0, 0.05) is 0 Å². The molecule has 1 heterocycles. The van der Waals surface area contributed by atoms with E-state index in [-0.39, 0.29) is 21.5 Å². The molecule has 0 amide bonds. The fourth-order valence-corrected chi connectivity index (χ4v) is 3.54. The molecule has 0 aliphatic heterocycles. The molecule has 0 saturated heterocycles. The van der Waals surface area contributed by atoms with Crippen molar-refractivity contribution in [3.8, 4) is 11.4 Å². The van der Waals surface area contributed by atoms with Gasteiger partial charge in [0.05, 0.1) is 0 Å². The van der Waals surface area contributed by atoms with Gasteiger partial charge in [-0.25, -0.2) is 0 Å². The third-order valence-electron chi connectivity index (χ3n) is 2.46. The monoisotopic (exact) mass is 423 g/mol. The molecule has 0 radical (unpaired) electrons. The molecule has 0 atom stereocenters. The van der Waals surface area contributed by atoms with Crippen molar-refractivity contribution in [2.75, 3.05) is 12.0 Å². The van der Waals surface area contributed by atoms with Gasteiger partial charge in [-0.1, -0.05) is 0 Å². The van der Waals surface area contributed by atoms with Crippen LogP contribution in [0.15, 0.2) is 28.8 Å². The van der Waals surface area contributed by atoms with Gasteiger partial charge in [0.2, 0.25) is 0 Å². The van der Waals surface area contributed by atoms with E-state index in [2.05, 4.69) is 20.4 Å². The molecule has 8 heteroatoms. The first-order valence-corrected chi connectivity index (χ1v) is 9.62. The Morgan fingerprint density at radius 2 is 2.35 bits per heavy atom. The van der Waals surface area contributed by atoms with E-state index in [4.69, 9.17) is 28.3 Å². The average Bonchev–Trinajstić information content (AvgIpc) is 2.92. The molecule has 0 aliphatic rings. The van der Waals surface area contributed by atoms with E-state index in [1.54, 1.807) is 19.2 Å². The Balaban J connectivity index is 2.15. The maximum absolute atomic E-state index is 5.95. The van der Waals surface area contributed by atoms with Gasteiger partial charge in [-0.15, -0.1) is 0 Å². The number of hydrogen-bond donors (Lipinski definition) is 1. The molecule has 20 heavy (non-hydrogen) atoms. The first-order chi connectivity index (χ1) is 9.63. The first kappa shape index (κ1) is 15.5. The second-order valence-corrected chi connectivity index (χ2v) is 6.72. The molecule has 2 aromatic rings. The van der Waals surface area contributed by atoms with Crippen LogP contribution >= 0.6 is 23.8 Å². The molecule has 0 unspecified atom stereocenters. The van der Waals surface area contributed by atoms with Crippen molar-refractivity contribution in [3.05, 3.63) is 35.2 Å². The van der Waals surface area contributed by atoms with Crippen molar-refractivity contribution in [1.82, 2.24) is 18.6 Å². The summed E-state index contributed by atoms with van der Waals surface area (Å²) in [5, 5.41) is 8.28. The van der Waals surface area contributed by atoms with Gasteiger partial charge in [-0.2, -0.15) is 0 Å². The number of thiocarbonyl (C=S) groups is 1. The van der Waals surface area contributed by atoms with Crippen LogP contribution in [0.2, 0.25) is 5.02 Å². The van der Waals surface area contributed by atoms with Crippen molar-refractivity contribution < 1.29 is 26.0 Å². The third kappa shape index (κ3) is 3.80. The number of aromatic nitrogens is 2. The van der Waals surface area contributed by atoms with Gasteiger partial charge in [0.15, 0.2) is 0 Å². The van der Waals surface area contributed by atoms with E-state index >= 15 is 0 Å². The van der Waals surface area contributed by atoms with Gasteiger partial charge in [0.1, 0.15) is 0 Å². The van der Waals surface area contributed by atoms with E-state index < -0.39 is 0 Å². The maximum atomic E-state index is 5.95. The second kappa shape index (κ2) is 7.19. The Morgan fingerprint density at radius 1 is 1.55 bits per heavy atom. The molecule has 0 aliphatic carbocycles. The third-order valence-corrected chi connectivity index (χ3v) is 5.44. The Morgan fingerprint density at radius 3 is 3.00 bits per heavy atom. The van der Waals surface area contributed by atoms with Crippen LogP contribution in [-0.2, 0) is 6.54 Å². The summed E-state index contributed by atoms with van der Waals surface area (Å²) in [6, 6.07) is 7.36. The average molecular weight is 424 g/mol. The van der Waals surface area contributed by atoms with E-state index in [0.717, 1.165) is 5.56 Å². The molecule has 0 bridgehead atoms. The summed E-state index contributed by atoms with van der Waals surface area (Å²) in [6.45, 7) is 0.525. The van der Waals surface area contributed by atoms with Crippen LogP contribution in [0.3, 0.4) is 0 Å². The molecule has 2 rings (SSSR count). The van der Waals surface area contributed by atoms with Gasteiger partial charge in [-0.3, -0.25) is 0 Å². The summed E-state index contributed by atoms with van der Waals surface area (Å²) < 4.78 is 7.32. The summed E-state index contributed by atoms with van der Waals surface area (Å²) in [7, 11) is 1.81. The van der Waals surface area contributed by atoms with Crippen LogP contribution in [0, 0.1) is 0 Å². The van der Waals surface area contributed by atoms with Crippen molar-refractivity contribution in [2.24, 2.45) is 0 Å². The minimum atomic E-state index is -0.201. The molecule has 1 N–H and O–H groups in total. The summed E-state index contributed by atoms with van der Waals surface area (Å²) in [4.78, 5) is 6.50. The fourth-order valence-electron chi connectivity index (χ4n) is 1.51. The standard InChI is InChI=1S/C12H13ClIN4OS/c1-14-18(12(20)15-2)7-10-16-11(17-19-10)8-4-3-5-9(13)6-8/h3-6H,7H2,1-2H3,(H,15,20)/q-1. The summed E-state index contributed by atoms with van der Waals surface area (Å²) in [5.74, 6) is 1.08. The number of halogens is 2. The van der Waals surface area contributed by atoms with Crippen LogP contribution in [0.25, 0.3) is 11.4 Å². The number of hydrogen-bond acceptors (Lipinski definition) is 4. The number of rotatable bonds is 4. The molecule has 0 spiro atoms. The number of nitrogens with zero attached hydrogens (tertiary/aromatic N) is 3. The molecular weight excluding hydrogens is 411 g/mol. The number of alkyl halides is 1. The van der Waals surface area contributed by atoms with Gasteiger partial charge in [0.25, 0.3) is 0 Å². The molecule has 0 saturated carbocycles. The van der Waals surface area contributed by atoms with E-state index in [9.17, 15) is 0 Å². The Kier molecular flexibility index (Phi) is 5.55. The van der Waals surface area contributed by atoms with E-state index in [0.29, 0.717) is 28.4 Å². The molecular formula is C12H13ClIN4OS-. The SMILES string of the molecule is CNC(=S)N(Cc1nc(-c2cccc(Cl)c2)no1)[I-]C. The van der Waals surface area contributed by atoms with Crippen molar-refractivity contribution >= 4 is 28.9 Å². The van der Waals surface area contributed by atoms with E-state index in [1.165, 1.54) is 0 Å². The topological polar surface area (TPSA) is 54.2 Å². The second-order valence-electron chi connectivity index (χ2n) is 3.77. The molecule has 0 fully saturated rings. The summed E-state index contributed by atoms with van der Waals surface area (Å²) in [6.07, 6.45) is 0. The molecule has 5 nitrogen and oxygen atoms in total. The Bertz CT molecular complexity index is 607.